The highest BCUT2D eigenvalue weighted by molar-refractivity contribution is 6.04. The number of nitro benzene ring substituents is 1. The highest BCUT2D eigenvalue weighted by atomic mass is 16.6. The number of hydrogen-bond acceptors (Lipinski definition) is 5. The molecule has 2 aromatic carbocycles. The molecule has 1 saturated heterocycles. The Morgan fingerprint density at radius 2 is 1.96 bits per heavy atom. The minimum Gasteiger partial charge on any atom is -0.447 e. The first kappa shape index (κ1) is 15.5. The first-order chi connectivity index (χ1) is 11.5. The Labute approximate surface area is 136 Å². The van der Waals surface area contributed by atoms with Crippen molar-refractivity contribution in [2.45, 2.75) is 0 Å². The van der Waals surface area contributed by atoms with Crippen LogP contribution >= 0.6 is 0 Å². The van der Waals surface area contributed by atoms with Crippen molar-refractivity contribution in [3.8, 4) is 0 Å². The van der Waals surface area contributed by atoms with Crippen LogP contribution in [0.2, 0.25) is 0 Å². The minimum absolute atomic E-state index is 0.101. The Morgan fingerprint density at radius 1 is 1.21 bits per heavy atom. The lowest BCUT2D eigenvalue weighted by Gasteiger charge is -2.13. The number of nitrogens with zero attached hydrogens (tertiary/aromatic N) is 2. The molecule has 0 bridgehead atoms. The van der Waals surface area contributed by atoms with Crippen LogP contribution in [0.15, 0.2) is 48.5 Å². The van der Waals surface area contributed by atoms with E-state index in [0.29, 0.717) is 30.1 Å². The molecule has 24 heavy (non-hydrogen) atoms. The summed E-state index contributed by atoms with van der Waals surface area (Å²) in [5, 5.41) is 13.4. The minimum atomic E-state index is -0.528. The van der Waals surface area contributed by atoms with Crippen LogP contribution in [0, 0.1) is 10.1 Å². The number of rotatable bonds is 4. The molecule has 1 heterocycles. The van der Waals surface area contributed by atoms with Gasteiger partial charge in [-0.15, -0.1) is 0 Å². The molecule has 0 spiro atoms. The first-order valence-electron chi connectivity index (χ1n) is 7.15. The van der Waals surface area contributed by atoms with Crippen LogP contribution in [0.25, 0.3) is 0 Å². The summed E-state index contributed by atoms with van der Waals surface area (Å²) in [5.41, 5.74) is 1.25. The van der Waals surface area contributed by atoms with Crippen molar-refractivity contribution >= 4 is 29.1 Å². The van der Waals surface area contributed by atoms with Gasteiger partial charge in [-0.3, -0.25) is 19.8 Å². The summed E-state index contributed by atoms with van der Waals surface area (Å²) in [6.07, 6.45) is -0.413. The smallest absolute Gasteiger partial charge is 0.414 e. The molecular formula is C16H13N3O5. The van der Waals surface area contributed by atoms with E-state index in [1.54, 1.807) is 30.3 Å². The summed E-state index contributed by atoms with van der Waals surface area (Å²) >= 11 is 0. The Hall–Kier alpha value is -3.42. The van der Waals surface area contributed by atoms with E-state index < -0.39 is 16.9 Å². The number of cyclic esters (lactones) is 1. The SMILES string of the molecule is O=C(Nc1cccc([N+](=O)[O-])c1)c1ccc(N2CCOC2=O)cc1. The van der Waals surface area contributed by atoms with Crippen molar-refractivity contribution in [2.24, 2.45) is 0 Å². The van der Waals surface area contributed by atoms with Gasteiger partial charge in [0.15, 0.2) is 0 Å². The first-order valence-corrected chi connectivity index (χ1v) is 7.15. The van der Waals surface area contributed by atoms with Gasteiger partial charge in [0.1, 0.15) is 6.61 Å². The lowest BCUT2D eigenvalue weighted by Crippen LogP contribution is -2.23. The van der Waals surface area contributed by atoms with Gasteiger partial charge in [-0.25, -0.2) is 4.79 Å². The molecule has 0 aliphatic carbocycles. The van der Waals surface area contributed by atoms with E-state index in [1.807, 2.05) is 0 Å². The molecule has 122 valence electrons. The van der Waals surface area contributed by atoms with Crippen molar-refractivity contribution in [3.05, 3.63) is 64.2 Å². The fourth-order valence-electron chi connectivity index (χ4n) is 2.32. The van der Waals surface area contributed by atoms with Gasteiger partial charge in [0.2, 0.25) is 0 Å². The largest absolute Gasteiger partial charge is 0.447 e. The second-order valence-corrected chi connectivity index (χ2v) is 5.07. The number of carbonyl (C=O) groups is 2. The van der Waals surface area contributed by atoms with Crippen molar-refractivity contribution in [3.63, 3.8) is 0 Å². The van der Waals surface area contributed by atoms with Gasteiger partial charge in [-0.05, 0) is 30.3 Å². The van der Waals surface area contributed by atoms with Gasteiger partial charge >= 0.3 is 6.09 Å². The third-order valence-corrected chi connectivity index (χ3v) is 3.52. The van der Waals surface area contributed by atoms with Gasteiger partial charge in [0, 0.05) is 29.1 Å². The monoisotopic (exact) mass is 327 g/mol. The number of nitrogens with one attached hydrogen (secondary N) is 1. The predicted molar refractivity (Wildman–Crippen MR) is 86.2 cm³/mol. The third-order valence-electron chi connectivity index (χ3n) is 3.52. The number of anilines is 2. The Bertz CT molecular complexity index is 804. The maximum Gasteiger partial charge on any atom is 0.414 e. The number of carbonyl (C=O) groups excluding carboxylic acids is 2. The van der Waals surface area contributed by atoms with E-state index in [2.05, 4.69) is 5.32 Å². The van der Waals surface area contributed by atoms with Crippen molar-refractivity contribution in [1.29, 1.82) is 0 Å². The average Bonchev–Trinajstić information content (AvgIpc) is 3.01. The van der Waals surface area contributed by atoms with E-state index >= 15 is 0 Å². The summed E-state index contributed by atoms with van der Waals surface area (Å²) in [6, 6.07) is 12.1. The number of ether oxygens (including phenoxy) is 1. The zero-order valence-corrected chi connectivity index (χ0v) is 12.5. The van der Waals surface area contributed by atoms with Crippen LogP contribution in [-0.4, -0.2) is 30.1 Å². The number of non-ortho nitro benzene ring substituents is 1. The lowest BCUT2D eigenvalue weighted by molar-refractivity contribution is -0.384. The summed E-state index contributed by atoms with van der Waals surface area (Å²) in [7, 11) is 0. The summed E-state index contributed by atoms with van der Waals surface area (Å²) in [4.78, 5) is 35.4. The molecule has 8 nitrogen and oxygen atoms in total. The van der Waals surface area contributed by atoms with E-state index in [-0.39, 0.29) is 5.69 Å². The van der Waals surface area contributed by atoms with Crippen molar-refractivity contribution in [1.82, 2.24) is 0 Å². The lowest BCUT2D eigenvalue weighted by atomic mass is 10.1. The molecule has 0 aromatic heterocycles. The van der Waals surface area contributed by atoms with Crippen LogP contribution < -0.4 is 10.2 Å². The number of benzene rings is 2. The predicted octanol–water partition coefficient (Wildman–Crippen LogP) is 2.80. The number of hydrogen-bond donors (Lipinski definition) is 1. The highest BCUT2D eigenvalue weighted by Crippen LogP contribution is 2.21. The topological polar surface area (TPSA) is 102 Å². The molecule has 1 aliphatic rings. The highest BCUT2D eigenvalue weighted by Gasteiger charge is 2.23. The van der Waals surface area contributed by atoms with E-state index in [4.69, 9.17) is 4.74 Å². The van der Waals surface area contributed by atoms with E-state index in [9.17, 15) is 19.7 Å². The molecule has 0 radical (unpaired) electrons. The average molecular weight is 327 g/mol. The van der Waals surface area contributed by atoms with Crippen LogP contribution in [0.5, 0.6) is 0 Å². The second kappa shape index (κ2) is 6.37. The Balaban J connectivity index is 1.72. The van der Waals surface area contributed by atoms with Crippen molar-refractivity contribution < 1.29 is 19.2 Å². The van der Waals surface area contributed by atoms with Gasteiger partial charge in [0.25, 0.3) is 11.6 Å². The molecule has 1 fully saturated rings. The molecule has 3 rings (SSSR count). The Morgan fingerprint density at radius 3 is 2.58 bits per heavy atom. The molecule has 0 atom stereocenters. The van der Waals surface area contributed by atoms with E-state index in [1.165, 1.54) is 23.1 Å². The maximum atomic E-state index is 12.2. The molecule has 1 N–H and O–H groups in total. The molecule has 8 heteroatoms. The Kier molecular flexibility index (Phi) is 4.11. The molecular weight excluding hydrogens is 314 g/mol. The maximum absolute atomic E-state index is 12.2. The van der Waals surface area contributed by atoms with Gasteiger partial charge in [-0.1, -0.05) is 6.07 Å². The normalized spacial score (nSPS) is 13.5. The molecule has 2 amide bonds. The zero-order valence-electron chi connectivity index (χ0n) is 12.5. The van der Waals surface area contributed by atoms with Crippen LogP contribution in [0.1, 0.15) is 10.4 Å². The third kappa shape index (κ3) is 3.17. The van der Waals surface area contributed by atoms with Crippen LogP contribution in [0.4, 0.5) is 21.9 Å². The molecule has 0 saturated carbocycles. The quantitative estimate of drug-likeness (QED) is 0.687. The summed E-state index contributed by atoms with van der Waals surface area (Å²) in [6.45, 7) is 0.811. The number of nitro groups is 1. The van der Waals surface area contributed by atoms with Gasteiger partial charge < -0.3 is 10.1 Å². The fourth-order valence-corrected chi connectivity index (χ4v) is 2.32. The number of amides is 2. The summed E-state index contributed by atoms with van der Waals surface area (Å²) < 4.78 is 4.86. The van der Waals surface area contributed by atoms with Crippen LogP contribution in [-0.2, 0) is 4.74 Å². The standard InChI is InChI=1S/C16H13N3O5/c20-15(17-12-2-1-3-14(10-12)19(22)23)11-4-6-13(7-5-11)18-8-9-24-16(18)21/h1-7,10H,8-9H2,(H,17,20). The zero-order chi connectivity index (χ0) is 17.1. The van der Waals surface area contributed by atoms with Gasteiger partial charge in [-0.2, -0.15) is 0 Å². The van der Waals surface area contributed by atoms with Crippen molar-refractivity contribution in [2.75, 3.05) is 23.4 Å². The van der Waals surface area contributed by atoms with Gasteiger partial charge in [0.05, 0.1) is 11.5 Å². The van der Waals surface area contributed by atoms with E-state index in [0.717, 1.165) is 0 Å². The molecule has 1 aliphatic heterocycles. The second-order valence-electron chi connectivity index (χ2n) is 5.07. The molecule has 0 unspecified atom stereocenters. The fraction of sp³-hybridized carbons (Fsp3) is 0.125. The summed E-state index contributed by atoms with van der Waals surface area (Å²) in [5.74, 6) is -0.397. The molecule has 2 aromatic rings. The van der Waals surface area contributed by atoms with Crippen LogP contribution in [0.3, 0.4) is 0 Å².